The highest BCUT2D eigenvalue weighted by molar-refractivity contribution is 6.83. The lowest BCUT2D eigenvalue weighted by Gasteiger charge is -2.32. The fraction of sp³-hybridized carbons (Fsp3) is 0.200. The summed E-state index contributed by atoms with van der Waals surface area (Å²) in [7, 11) is -7.80. The summed E-state index contributed by atoms with van der Waals surface area (Å²) in [5.74, 6) is 0. The van der Waals surface area contributed by atoms with Gasteiger partial charge in [-0.15, -0.1) is 0 Å². The third kappa shape index (κ3) is 9.01. The first kappa shape index (κ1) is 30.5. The van der Waals surface area contributed by atoms with Crippen molar-refractivity contribution in [2.45, 2.75) is 39.1 Å². The van der Waals surface area contributed by atoms with Gasteiger partial charge in [0, 0.05) is 5.19 Å². The molecular formula is C30H38O6Si4. The van der Waals surface area contributed by atoms with E-state index in [0.717, 1.165) is 21.9 Å². The molecule has 4 rings (SSSR count). The summed E-state index contributed by atoms with van der Waals surface area (Å²) in [6.45, 7) is 6.12. The Morgan fingerprint density at radius 1 is 0.425 bits per heavy atom. The average molecular weight is 607 g/mol. The highest BCUT2D eigenvalue weighted by atomic mass is 28.5. The Hall–Kier alpha value is -2.49. The zero-order chi connectivity index (χ0) is 28.0. The van der Waals surface area contributed by atoms with Gasteiger partial charge in [-0.1, -0.05) is 121 Å². The van der Waals surface area contributed by atoms with Crippen LogP contribution in [0.15, 0.2) is 121 Å². The first-order chi connectivity index (χ1) is 19.6. The van der Waals surface area contributed by atoms with E-state index in [1.807, 2.05) is 106 Å². The Morgan fingerprint density at radius 3 is 1.00 bits per heavy atom. The molecule has 0 amide bonds. The number of rotatable bonds is 16. The van der Waals surface area contributed by atoms with Crippen LogP contribution < -0.4 is 5.19 Å². The Kier molecular flexibility index (Phi) is 12.2. The first-order valence-electron chi connectivity index (χ1n) is 13.5. The van der Waals surface area contributed by atoms with Crippen LogP contribution in [0.4, 0.5) is 0 Å². The van der Waals surface area contributed by atoms with Gasteiger partial charge in [-0.25, -0.2) is 0 Å². The highest BCUT2D eigenvalue weighted by Gasteiger charge is 2.44. The minimum Gasteiger partial charge on any atom is -0.395 e. The molecular weight excluding hydrogens is 569 g/mol. The Bertz CT molecular complexity index is 1110. The molecule has 0 aliphatic rings. The predicted octanol–water partition coefficient (Wildman–Crippen LogP) is 4.21. The fourth-order valence-corrected chi connectivity index (χ4v) is 13.8. The maximum atomic E-state index is 6.60. The van der Waals surface area contributed by atoms with Crippen LogP contribution in [0.3, 0.4) is 0 Å². The Balaban J connectivity index is 1.48. The molecule has 0 aliphatic heterocycles. The molecule has 3 atom stereocenters. The molecule has 4 aromatic carbocycles. The summed E-state index contributed by atoms with van der Waals surface area (Å²) < 4.78 is 38.5. The van der Waals surface area contributed by atoms with Crippen molar-refractivity contribution in [3.05, 3.63) is 138 Å². The van der Waals surface area contributed by atoms with Gasteiger partial charge in [-0.3, -0.25) is 0 Å². The van der Waals surface area contributed by atoms with Gasteiger partial charge in [0.05, 0.1) is 18.3 Å². The van der Waals surface area contributed by atoms with Crippen LogP contribution in [0.2, 0.25) is 0 Å². The smallest absolute Gasteiger partial charge is 0.395 e. The van der Waals surface area contributed by atoms with E-state index in [-0.39, 0.29) is 18.3 Å². The van der Waals surface area contributed by atoms with Crippen molar-refractivity contribution in [1.29, 1.82) is 0 Å². The topological polar surface area (TPSA) is 55.4 Å². The van der Waals surface area contributed by atoms with Gasteiger partial charge in [0.15, 0.2) is 0 Å². The molecule has 0 radical (unpaired) electrons. The van der Waals surface area contributed by atoms with Crippen molar-refractivity contribution in [3.63, 3.8) is 0 Å². The summed E-state index contributed by atoms with van der Waals surface area (Å²) in [4.78, 5) is 0. The van der Waals surface area contributed by atoms with Crippen LogP contribution in [0.5, 0.6) is 0 Å². The van der Waals surface area contributed by atoms with Crippen molar-refractivity contribution < 1.29 is 25.6 Å². The number of hydrogen-bond donors (Lipinski definition) is 0. The summed E-state index contributed by atoms with van der Waals surface area (Å²) in [6.07, 6.45) is -0.268. The third-order valence-corrected chi connectivity index (χ3v) is 15.6. The van der Waals surface area contributed by atoms with Gasteiger partial charge in [0.2, 0.25) is 0 Å². The molecule has 0 spiro atoms. The quantitative estimate of drug-likeness (QED) is 0.178. The predicted molar refractivity (Wildman–Crippen MR) is 169 cm³/mol. The molecule has 0 aliphatic carbocycles. The second-order valence-electron chi connectivity index (χ2n) is 9.37. The maximum Gasteiger partial charge on any atom is 0.509 e. The molecule has 40 heavy (non-hydrogen) atoms. The third-order valence-electron chi connectivity index (χ3n) is 6.64. The molecule has 210 valence electrons. The molecule has 3 unspecified atom stereocenters. The van der Waals surface area contributed by atoms with Gasteiger partial charge >= 0.3 is 8.80 Å². The minimum absolute atomic E-state index is 0.0893. The van der Waals surface area contributed by atoms with E-state index >= 15 is 0 Å². The molecule has 0 bridgehead atoms. The van der Waals surface area contributed by atoms with E-state index in [9.17, 15) is 0 Å². The van der Waals surface area contributed by atoms with Crippen molar-refractivity contribution in [2.75, 3.05) is 0 Å². The monoisotopic (exact) mass is 606 g/mol. The van der Waals surface area contributed by atoms with Crippen LogP contribution in [0, 0.1) is 0 Å². The van der Waals surface area contributed by atoms with E-state index < -0.39 is 38.8 Å². The summed E-state index contributed by atoms with van der Waals surface area (Å²) in [6, 6.07) is 40.4. The molecule has 0 heterocycles. The van der Waals surface area contributed by atoms with E-state index in [4.69, 9.17) is 25.6 Å². The molecule has 0 aromatic heterocycles. The summed E-state index contributed by atoms with van der Waals surface area (Å²) in [5.41, 5.74) is 3.32. The second-order valence-corrected chi connectivity index (χ2v) is 16.2. The average Bonchev–Trinajstić information content (AvgIpc) is 3.02. The lowest BCUT2D eigenvalue weighted by molar-refractivity contribution is 0.148. The number of benzene rings is 4. The lowest BCUT2D eigenvalue weighted by atomic mass is 10.1. The standard InChI is InChI=1S/C30H38O6Si4/c1-24(27-16-8-4-9-17-27)31-37-34-40(30-22-14-7-15-23-30,35-38-32-25(2)28-18-10-5-11-19-28)36-39-33-26(3)29-20-12-6-13-21-29/h4-26H,37-39H2,1-3H3. The Morgan fingerprint density at radius 2 is 0.700 bits per heavy atom. The number of hydrogen-bond acceptors (Lipinski definition) is 6. The molecule has 4 aromatic rings. The van der Waals surface area contributed by atoms with E-state index in [1.54, 1.807) is 0 Å². The summed E-state index contributed by atoms with van der Waals surface area (Å²) >= 11 is 0. The van der Waals surface area contributed by atoms with Crippen LogP contribution in [-0.4, -0.2) is 38.8 Å². The van der Waals surface area contributed by atoms with Crippen molar-refractivity contribution in [3.8, 4) is 0 Å². The van der Waals surface area contributed by atoms with E-state index in [1.165, 1.54) is 0 Å². The highest BCUT2D eigenvalue weighted by Crippen LogP contribution is 2.20. The molecule has 0 saturated heterocycles. The van der Waals surface area contributed by atoms with Gasteiger partial charge < -0.3 is 25.6 Å². The van der Waals surface area contributed by atoms with Gasteiger partial charge in [0.25, 0.3) is 30.0 Å². The normalized spacial score (nSPS) is 16.1. The van der Waals surface area contributed by atoms with Crippen molar-refractivity contribution in [2.24, 2.45) is 0 Å². The van der Waals surface area contributed by atoms with Crippen LogP contribution in [-0.2, 0) is 25.6 Å². The van der Waals surface area contributed by atoms with Gasteiger partial charge in [-0.05, 0) is 37.5 Å². The van der Waals surface area contributed by atoms with Gasteiger partial charge in [-0.2, -0.15) is 0 Å². The molecule has 0 fully saturated rings. The fourth-order valence-electron chi connectivity index (χ4n) is 4.12. The van der Waals surface area contributed by atoms with Crippen molar-refractivity contribution in [1.82, 2.24) is 0 Å². The van der Waals surface area contributed by atoms with E-state index in [2.05, 4.69) is 36.4 Å². The lowest BCUT2D eigenvalue weighted by Crippen LogP contribution is -2.59. The van der Waals surface area contributed by atoms with Crippen LogP contribution in [0.25, 0.3) is 0 Å². The molecule has 6 nitrogen and oxygen atoms in total. The zero-order valence-electron chi connectivity index (χ0n) is 23.3. The Labute approximate surface area is 246 Å². The van der Waals surface area contributed by atoms with E-state index in [0.29, 0.717) is 0 Å². The van der Waals surface area contributed by atoms with Crippen LogP contribution >= 0.6 is 0 Å². The van der Waals surface area contributed by atoms with Gasteiger partial charge in [0.1, 0.15) is 0 Å². The molecule has 10 heteroatoms. The minimum atomic E-state index is -3.36. The van der Waals surface area contributed by atoms with Crippen molar-refractivity contribution >= 4 is 44.0 Å². The zero-order valence-corrected chi connectivity index (χ0v) is 28.6. The maximum absolute atomic E-state index is 6.60. The SMILES string of the molecule is CC(O[SiH2]O[Si](O[SiH2]OC(C)c1ccccc1)(O[SiH2]OC(C)c1ccccc1)c1ccccc1)c1ccccc1. The molecule has 0 saturated carbocycles. The second kappa shape index (κ2) is 16.1. The van der Waals surface area contributed by atoms with Crippen LogP contribution in [0.1, 0.15) is 55.8 Å². The largest absolute Gasteiger partial charge is 0.509 e. The molecule has 0 N–H and O–H groups in total. The first-order valence-corrected chi connectivity index (χ1v) is 18.7. The summed E-state index contributed by atoms with van der Waals surface area (Å²) in [5, 5.41) is 0.894.